The van der Waals surface area contributed by atoms with Crippen LogP contribution in [-0.4, -0.2) is 33.9 Å². The Morgan fingerprint density at radius 1 is 1.23 bits per heavy atom. The molecule has 0 spiro atoms. The van der Waals surface area contributed by atoms with Gasteiger partial charge in [0.2, 0.25) is 5.95 Å². The zero-order chi connectivity index (χ0) is 15.4. The average molecular weight is 296 g/mol. The van der Waals surface area contributed by atoms with Gasteiger partial charge in [0.25, 0.3) is 5.91 Å². The van der Waals surface area contributed by atoms with Crippen LogP contribution in [0.2, 0.25) is 0 Å². The Morgan fingerprint density at radius 2 is 1.95 bits per heavy atom. The molecule has 0 bridgehead atoms. The molecule has 114 valence electrons. The minimum Gasteiger partial charge on any atom is -0.354 e. The summed E-state index contributed by atoms with van der Waals surface area (Å²) in [5.74, 6) is 0.568. The van der Waals surface area contributed by atoms with Crippen LogP contribution in [0.4, 0.5) is 5.95 Å². The molecule has 0 fully saturated rings. The molecule has 2 aromatic rings. The van der Waals surface area contributed by atoms with Crippen molar-refractivity contribution in [3.8, 4) is 0 Å². The molecule has 2 heterocycles. The number of rotatable bonds is 4. The van der Waals surface area contributed by atoms with Crippen molar-refractivity contribution in [3.05, 3.63) is 53.3 Å². The minimum absolute atomic E-state index is 0.00320. The summed E-state index contributed by atoms with van der Waals surface area (Å²) in [7, 11) is 0. The normalized spacial score (nSPS) is 13.6. The second-order valence-corrected chi connectivity index (χ2v) is 5.47. The van der Waals surface area contributed by atoms with Crippen LogP contribution in [-0.2, 0) is 13.0 Å². The van der Waals surface area contributed by atoms with Gasteiger partial charge in [-0.1, -0.05) is 31.2 Å². The molecule has 1 amide bonds. The van der Waals surface area contributed by atoms with Crippen molar-refractivity contribution < 1.29 is 4.79 Å². The summed E-state index contributed by atoms with van der Waals surface area (Å²) in [5.41, 5.74) is 3.10. The van der Waals surface area contributed by atoms with Gasteiger partial charge in [-0.05, 0) is 24.0 Å². The summed E-state index contributed by atoms with van der Waals surface area (Å²) in [6.07, 6.45) is 5.12. The highest BCUT2D eigenvalue weighted by molar-refractivity contribution is 5.93. The van der Waals surface area contributed by atoms with E-state index in [2.05, 4.69) is 34.3 Å². The molecule has 0 saturated heterocycles. The highest BCUT2D eigenvalue weighted by Crippen LogP contribution is 2.20. The van der Waals surface area contributed by atoms with Crippen molar-refractivity contribution in [2.24, 2.45) is 0 Å². The number of amides is 1. The van der Waals surface area contributed by atoms with Gasteiger partial charge in [0, 0.05) is 32.0 Å². The van der Waals surface area contributed by atoms with Gasteiger partial charge < -0.3 is 10.2 Å². The minimum atomic E-state index is -0.00320. The van der Waals surface area contributed by atoms with Crippen molar-refractivity contribution in [2.75, 3.05) is 18.4 Å². The lowest BCUT2D eigenvalue weighted by Gasteiger charge is -2.28. The molecular formula is C17H20N4O. The monoisotopic (exact) mass is 296 g/mol. The van der Waals surface area contributed by atoms with Crippen LogP contribution in [0, 0.1) is 0 Å². The fourth-order valence-electron chi connectivity index (χ4n) is 2.62. The molecule has 0 atom stereocenters. The summed E-state index contributed by atoms with van der Waals surface area (Å²) in [5, 5.41) is 3.11. The first-order valence-corrected chi connectivity index (χ1v) is 7.70. The van der Waals surface area contributed by atoms with Crippen LogP contribution >= 0.6 is 0 Å². The maximum absolute atomic E-state index is 12.6. The molecular weight excluding hydrogens is 276 g/mol. The number of anilines is 1. The first kappa shape index (κ1) is 14.5. The highest BCUT2D eigenvalue weighted by atomic mass is 16.2. The van der Waals surface area contributed by atoms with Crippen LogP contribution in [0.3, 0.4) is 0 Å². The van der Waals surface area contributed by atoms with Crippen LogP contribution in [0.25, 0.3) is 0 Å². The van der Waals surface area contributed by atoms with E-state index < -0.39 is 0 Å². The Labute approximate surface area is 130 Å². The molecule has 1 aromatic carbocycles. The Morgan fingerprint density at radius 3 is 2.68 bits per heavy atom. The van der Waals surface area contributed by atoms with Gasteiger partial charge in [0.1, 0.15) is 0 Å². The summed E-state index contributed by atoms with van der Waals surface area (Å²) >= 11 is 0. The van der Waals surface area contributed by atoms with E-state index in [-0.39, 0.29) is 5.91 Å². The summed E-state index contributed by atoms with van der Waals surface area (Å²) < 4.78 is 0. The summed E-state index contributed by atoms with van der Waals surface area (Å²) in [4.78, 5) is 22.8. The molecule has 0 radical (unpaired) electrons. The Bertz CT molecular complexity index is 654. The third kappa shape index (κ3) is 3.08. The Kier molecular flexibility index (Phi) is 4.32. The lowest BCUT2D eigenvalue weighted by atomic mass is 9.99. The van der Waals surface area contributed by atoms with Crippen LogP contribution in [0.5, 0.6) is 0 Å². The smallest absolute Gasteiger partial charge is 0.257 e. The number of nitrogens with one attached hydrogen (secondary N) is 1. The predicted octanol–water partition coefficient (Wildman–Crippen LogP) is 2.50. The van der Waals surface area contributed by atoms with Gasteiger partial charge in [-0.2, -0.15) is 0 Å². The number of hydrogen-bond donors (Lipinski definition) is 1. The molecule has 1 aliphatic rings. The number of benzene rings is 1. The van der Waals surface area contributed by atoms with Crippen LogP contribution in [0.15, 0.2) is 36.7 Å². The van der Waals surface area contributed by atoms with Gasteiger partial charge in [-0.25, -0.2) is 9.97 Å². The number of carbonyl (C=O) groups is 1. The van der Waals surface area contributed by atoms with Crippen LogP contribution < -0.4 is 5.32 Å². The van der Waals surface area contributed by atoms with E-state index in [9.17, 15) is 4.79 Å². The first-order chi connectivity index (χ1) is 10.8. The predicted molar refractivity (Wildman–Crippen MR) is 85.7 cm³/mol. The molecule has 0 unspecified atom stereocenters. The summed E-state index contributed by atoms with van der Waals surface area (Å²) in [6, 6.07) is 8.29. The number of fused-ring (bicyclic) bond motifs is 1. The molecule has 1 aromatic heterocycles. The van der Waals surface area contributed by atoms with E-state index in [1.54, 1.807) is 12.4 Å². The molecule has 0 saturated carbocycles. The Balaban J connectivity index is 1.69. The lowest BCUT2D eigenvalue weighted by molar-refractivity contribution is 0.0734. The fourth-order valence-corrected chi connectivity index (χ4v) is 2.62. The van der Waals surface area contributed by atoms with Crippen molar-refractivity contribution in [2.45, 2.75) is 26.3 Å². The maximum Gasteiger partial charge on any atom is 0.257 e. The number of nitrogens with zero attached hydrogens (tertiary/aromatic N) is 3. The fraction of sp³-hybridized carbons (Fsp3) is 0.353. The van der Waals surface area contributed by atoms with E-state index in [4.69, 9.17) is 0 Å². The molecule has 22 heavy (non-hydrogen) atoms. The van der Waals surface area contributed by atoms with Crippen molar-refractivity contribution >= 4 is 11.9 Å². The largest absolute Gasteiger partial charge is 0.354 e. The Hall–Kier alpha value is -2.43. The van der Waals surface area contributed by atoms with Gasteiger partial charge in [0.05, 0.1) is 5.56 Å². The van der Waals surface area contributed by atoms with E-state index in [1.165, 1.54) is 11.1 Å². The van der Waals surface area contributed by atoms with Gasteiger partial charge >= 0.3 is 0 Å². The second-order valence-electron chi connectivity index (χ2n) is 5.47. The molecule has 3 rings (SSSR count). The van der Waals surface area contributed by atoms with E-state index >= 15 is 0 Å². The van der Waals surface area contributed by atoms with Crippen molar-refractivity contribution in [1.29, 1.82) is 0 Å². The average Bonchev–Trinajstić information content (AvgIpc) is 2.59. The molecule has 1 aliphatic heterocycles. The van der Waals surface area contributed by atoms with Gasteiger partial charge in [0.15, 0.2) is 0 Å². The molecule has 0 aliphatic carbocycles. The third-order valence-electron chi connectivity index (χ3n) is 3.85. The lowest BCUT2D eigenvalue weighted by Crippen LogP contribution is -2.36. The first-order valence-electron chi connectivity index (χ1n) is 7.70. The zero-order valence-corrected chi connectivity index (χ0v) is 12.7. The quantitative estimate of drug-likeness (QED) is 0.942. The molecule has 1 N–H and O–H groups in total. The standard InChI is InChI=1S/C17H20N4O/c1-2-8-18-17-19-10-15(11-20-17)16(22)21-9-7-13-5-3-4-6-14(13)12-21/h3-6,10-11H,2,7-9,12H2,1H3,(H,18,19,20). The van der Waals surface area contributed by atoms with E-state index in [0.717, 1.165) is 25.9 Å². The zero-order valence-electron chi connectivity index (χ0n) is 12.7. The van der Waals surface area contributed by atoms with Gasteiger partial charge in [-0.15, -0.1) is 0 Å². The maximum atomic E-state index is 12.6. The summed E-state index contributed by atoms with van der Waals surface area (Å²) in [6.45, 7) is 4.31. The van der Waals surface area contributed by atoms with E-state index in [1.807, 2.05) is 17.0 Å². The molecule has 5 nitrogen and oxygen atoms in total. The van der Waals surface area contributed by atoms with Crippen LogP contribution in [0.1, 0.15) is 34.8 Å². The number of carbonyl (C=O) groups excluding carboxylic acids is 1. The SMILES string of the molecule is CCCNc1ncc(C(=O)N2CCc3ccccc3C2)cn1. The highest BCUT2D eigenvalue weighted by Gasteiger charge is 2.21. The molecule has 5 heteroatoms. The van der Waals surface area contributed by atoms with E-state index in [0.29, 0.717) is 18.1 Å². The second kappa shape index (κ2) is 6.56. The van der Waals surface area contributed by atoms with Crippen molar-refractivity contribution in [1.82, 2.24) is 14.9 Å². The number of aromatic nitrogens is 2. The van der Waals surface area contributed by atoms with Gasteiger partial charge in [-0.3, -0.25) is 4.79 Å². The topological polar surface area (TPSA) is 58.1 Å². The van der Waals surface area contributed by atoms with Crippen molar-refractivity contribution in [3.63, 3.8) is 0 Å². The third-order valence-corrected chi connectivity index (χ3v) is 3.85. The number of hydrogen-bond acceptors (Lipinski definition) is 4.